The van der Waals surface area contributed by atoms with Crippen LogP contribution in [0.4, 0.5) is 5.69 Å². The average molecular weight is 373 g/mol. The molecular formula is C22H19N3O3. The number of methoxy groups -OCH3 is 1. The van der Waals surface area contributed by atoms with E-state index in [1.165, 1.54) is 0 Å². The smallest absolute Gasteiger partial charge is 0.258 e. The Morgan fingerprint density at radius 2 is 1.93 bits per heavy atom. The van der Waals surface area contributed by atoms with Crippen LogP contribution in [0.2, 0.25) is 0 Å². The zero-order chi connectivity index (χ0) is 19.7. The summed E-state index contributed by atoms with van der Waals surface area (Å²) in [7, 11) is 1.58. The molecular weight excluding hydrogens is 354 g/mol. The topological polar surface area (TPSA) is 71.5 Å². The summed E-state index contributed by atoms with van der Waals surface area (Å²) in [5.74, 6) is 0.338. The van der Waals surface area contributed by atoms with Crippen molar-refractivity contribution < 1.29 is 14.3 Å². The quantitative estimate of drug-likeness (QED) is 0.740. The number of fused-ring (bicyclic) bond motifs is 2. The van der Waals surface area contributed by atoms with Crippen LogP contribution in [0.25, 0.3) is 16.6 Å². The molecule has 0 unspecified atom stereocenters. The molecule has 0 aliphatic carbocycles. The third-order valence-corrected chi connectivity index (χ3v) is 4.83. The van der Waals surface area contributed by atoms with E-state index in [0.29, 0.717) is 28.2 Å². The fourth-order valence-corrected chi connectivity index (χ4v) is 3.42. The molecule has 1 aliphatic heterocycles. The first-order valence-electron chi connectivity index (χ1n) is 8.92. The van der Waals surface area contributed by atoms with Crippen molar-refractivity contribution in [3.63, 3.8) is 0 Å². The molecule has 0 atom stereocenters. The average Bonchev–Trinajstić information content (AvgIpc) is 2.97. The molecule has 140 valence electrons. The number of carbonyl (C=O) groups excluding carboxylic acids is 2. The van der Waals surface area contributed by atoms with Crippen molar-refractivity contribution in [2.75, 3.05) is 19.0 Å². The highest BCUT2D eigenvalue weighted by molar-refractivity contribution is 6.09. The lowest BCUT2D eigenvalue weighted by Crippen LogP contribution is -2.27. The molecule has 3 aromatic rings. The van der Waals surface area contributed by atoms with Crippen molar-refractivity contribution in [3.8, 4) is 5.75 Å². The minimum Gasteiger partial charge on any atom is -0.494 e. The van der Waals surface area contributed by atoms with Crippen LogP contribution in [-0.2, 0) is 4.79 Å². The van der Waals surface area contributed by atoms with Gasteiger partial charge in [-0.15, -0.1) is 0 Å². The molecule has 6 nitrogen and oxygen atoms in total. The lowest BCUT2D eigenvalue weighted by Gasteiger charge is -2.17. The number of hydrogen-bond donors (Lipinski definition) is 1. The number of aromatic nitrogens is 1. The van der Waals surface area contributed by atoms with E-state index in [1.54, 1.807) is 36.4 Å². The number of nitrogens with one attached hydrogen (secondary N) is 1. The van der Waals surface area contributed by atoms with Crippen LogP contribution in [0.1, 0.15) is 22.3 Å². The number of anilines is 1. The molecule has 0 radical (unpaired) electrons. The summed E-state index contributed by atoms with van der Waals surface area (Å²) in [6.45, 7) is 4.27. The molecule has 28 heavy (non-hydrogen) atoms. The fraction of sp³-hybridized carbons (Fsp3) is 0.136. The van der Waals surface area contributed by atoms with Crippen LogP contribution in [0.15, 0.2) is 61.3 Å². The Morgan fingerprint density at radius 1 is 1.14 bits per heavy atom. The Morgan fingerprint density at radius 3 is 2.68 bits per heavy atom. The van der Waals surface area contributed by atoms with Gasteiger partial charge in [-0.05, 0) is 30.3 Å². The number of amides is 2. The van der Waals surface area contributed by atoms with Gasteiger partial charge >= 0.3 is 0 Å². The number of pyridine rings is 1. The third-order valence-electron chi connectivity index (χ3n) is 4.83. The summed E-state index contributed by atoms with van der Waals surface area (Å²) in [6.07, 6.45) is 1.84. The van der Waals surface area contributed by atoms with Crippen molar-refractivity contribution in [1.82, 2.24) is 9.88 Å². The van der Waals surface area contributed by atoms with Crippen LogP contribution < -0.4 is 10.1 Å². The zero-order valence-electron chi connectivity index (χ0n) is 15.4. The lowest BCUT2D eigenvalue weighted by molar-refractivity contribution is -0.116. The van der Waals surface area contributed by atoms with E-state index in [-0.39, 0.29) is 24.8 Å². The summed E-state index contributed by atoms with van der Waals surface area (Å²) >= 11 is 0. The number of benzene rings is 2. The van der Waals surface area contributed by atoms with Gasteiger partial charge < -0.3 is 15.0 Å². The molecule has 4 rings (SSSR count). The third kappa shape index (κ3) is 2.99. The van der Waals surface area contributed by atoms with Gasteiger partial charge in [-0.25, -0.2) is 0 Å². The van der Waals surface area contributed by atoms with E-state index < -0.39 is 0 Å². The minimum atomic E-state index is -0.188. The van der Waals surface area contributed by atoms with E-state index in [0.717, 1.165) is 10.9 Å². The first kappa shape index (κ1) is 17.7. The van der Waals surface area contributed by atoms with Crippen molar-refractivity contribution >= 4 is 34.1 Å². The van der Waals surface area contributed by atoms with Crippen LogP contribution >= 0.6 is 0 Å². The summed E-state index contributed by atoms with van der Waals surface area (Å²) in [6, 6.07) is 14.6. The molecule has 0 bridgehead atoms. The Labute approximate surface area is 162 Å². The molecule has 2 heterocycles. The number of nitrogens with zero attached hydrogens (tertiary/aromatic N) is 2. The summed E-state index contributed by atoms with van der Waals surface area (Å²) in [5, 5.41) is 3.70. The van der Waals surface area contributed by atoms with E-state index in [2.05, 4.69) is 16.9 Å². The molecule has 2 amide bonds. The molecule has 6 heteroatoms. The van der Waals surface area contributed by atoms with E-state index >= 15 is 0 Å². The predicted octanol–water partition coefficient (Wildman–Crippen LogP) is 3.70. The molecule has 0 saturated carbocycles. The van der Waals surface area contributed by atoms with Crippen molar-refractivity contribution in [1.29, 1.82) is 0 Å². The van der Waals surface area contributed by atoms with E-state index in [1.807, 2.05) is 30.3 Å². The lowest BCUT2D eigenvalue weighted by atomic mass is 10.1. The molecule has 0 saturated heterocycles. The van der Waals surface area contributed by atoms with Gasteiger partial charge in [0, 0.05) is 41.4 Å². The number of hydrogen-bond acceptors (Lipinski definition) is 4. The maximum absolute atomic E-state index is 12.5. The van der Waals surface area contributed by atoms with E-state index in [9.17, 15) is 9.59 Å². The Kier molecular flexibility index (Phi) is 4.53. The first-order valence-corrected chi connectivity index (χ1v) is 8.92. The predicted molar refractivity (Wildman–Crippen MR) is 108 cm³/mol. The second kappa shape index (κ2) is 7.15. The van der Waals surface area contributed by atoms with Crippen LogP contribution in [0.3, 0.4) is 0 Å². The Balaban J connectivity index is 1.47. The fourth-order valence-electron chi connectivity index (χ4n) is 3.42. The normalized spacial score (nSPS) is 13.0. The van der Waals surface area contributed by atoms with Crippen molar-refractivity contribution in [3.05, 3.63) is 72.4 Å². The molecule has 1 aliphatic rings. The zero-order valence-corrected chi connectivity index (χ0v) is 15.4. The number of ether oxygens (including phenoxy) is 1. The highest BCUT2D eigenvalue weighted by atomic mass is 16.5. The maximum atomic E-state index is 12.5. The van der Waals surface area contributed by atoms with Crippen LogP contribution in [-0.4, -0.2) is 35.4 Å². The Hall–Kier alpha value is -3.67. The molecule has 0 spiro atoms. The van der Waals surface area contributed by atoms with E-state index in [4.69, 9.17) is 4.74 Å². The molecule has 2 aromatic carbocycles. The van der Waals surface area contributed by atoms with Gasteiger partial charge in [0.25, 0.3) is 5.91 Å². The molecule has 0 fully saturated rings. The van der Waals surface area contributed by atoms with Crippen molar-refractivity contribution in [2.45, 2.75) is 6.42 Å². The second-order valence-corrected chi connectivity index (χ2v) is 6.46. The van der Waals surface area contributed by atoms with Crippen LogP contribution in [0, 0.1) is 0 Å². The van der Waals surface area contributed by atoms with Gasteiger partial charge in [0.15, 0.2) is 0 Å². The van der Waals surface area contributed by atoms with Gasteiger partial charge in [-0.1, -0.05) is 24.8 Å². The van der Waals surface area contributed by atoms with Crippen molar-refractivity contribution in [2.24, 2.45) is 0 Å². The highest BCUT2D eigenvalue weighted by Crippen LogP contribution is 2.32. The maximum Gasteiger partial charge on any atom is 0.258 e. The van der Waals surface area contributed by atoms with Gasteiger partial charge in [-0.3, -0.25) is 14.6 Å². The number of rotatable bonds is 5. The summed E-state index contributed by atoms with van der Waals surface area (Å²) in [4.78, 5) is 30.9. The molecule has 1 aromatic heterocycles. The summed E-state index contributed by atoms with van der Waals surface area (Å²) in [5.41, 5.74) is 3.41. The highest BCUT2D eigenvalue weighted by Gasteiger charge is 2.30. The van der Waals surface area contributed by atoms with Gasteiger partial charge in [-0.2, -0.15) is 0 Å². The second-order valence-electron chi connectivity index (χ2n) is 6.46. The number of carbonyl (C=O) groups is 2. The monoisotopic (exact) mass is 373 g/mol. The SMILES string of the molecule is C=C1c2ccccc2C(=O)N1CCC(=O)Nc1ccc(OC)c2ncccc12. The minimum absolute atomic E-state index is 0.118. The van der Waals surface area contributed by atoms with Gasteiger partial charge in [0.2, 0.25) is 5.91 Å². The standard InChI is InChI=1S/C22H19N3O3/c1-14-15-6-3-4-7-16(15)22(27)25(14)13-11-20(26)24-18-9-10-19(28-2)21-17(18)8-5-12-23-21/h3-10,12H,1,11,13H2,2H3,(H,24,26). The summed E-state index contributed by atoms with van der Waals surface area (Å²) < 4.78 is 5.33. The van der Waals surface area contributed by atoms with Gasteiger partial charge in [0.05, 0.1) is 12.8 Å². The Bertz CT molecular complexity index is 1070. The van der Waals surface area contributed by atoms with Crippen LogP contribution in [0.5, 0.6) is 5.75 Å². The largest absolute Gasteiger partial charge is 0.494 e. The molecule has 1 N–H and O–H groups in total. The van der Waals surface area contributed by atoms with Gasteiger partial charge in [0.1, 0.15) is 11.3 Å². The first-order chi connectivity index (χ1) is 13.6.